The van der Waals surface area contributed by atoms with Crippen molar-refractivity contribution in [2.24, 2.45) is 0 Å². The molecule has 0 spiro atoms. The molecule has 0 aliphatic heterocycles. The molecule has 0 fully saturated rings. The Labute approximate surface area is 121 Å². The molecule has 21 heavy (non-hydrogen) atoms. The number of phenolic OH excluding ortho intramolecular Hbond substituents is 2. The number of aromatic hydroxyl groups is 2. The molecule has 1 heterocycles. The van der Waals surface area contributed by atoms with Gasteiger partial charge in [-0.05, 0) is 30.3 Å². The maximum atomic E-state index is 9.11. The van der Waals surface area contributed by atoms with Crippen molar-refractivity contribution in [2.75, 3.05) is 5.73 Å². The van der Waals surface area contributed by atoms with E-state index in [9.17, 15) is 0 Å². The lowest BCUT2D eigenvalue weighted by Gasteiger charge is -1.98. The van der Waals surface area contributed by atoms with Gasteiger partial charge in [0.2, 0.25) is 0 Å². The van der Waals surface area contributed by atoms with Gasteiger partial charge >= 0.3 is 0 Å². The number of nitrogen functional groups attached to an aromatic ring is 1. The van der Waals surface area contributed by atoms with Crippen LogP contribution in [-0.2, 0) is 0 Å². The van der Waals surface area contributed by atoms with Crippen molar-refractivity contribution in [2.45, 2.75) is 0 Å². The molecule has 1 aromatic heterocycles. The van der Waals surface area contributed by atoms with Crippen LogP contribution in [0.15, 0.2) is 48.9 Å². The fourth-order valence-electron chi connectivity index (χ4n) is 1.59. The molecule has 104 valence electrons. The minimum Gasteiger partial charge on any atom is -0.504 e. The molecule has 5 heteroatoms. The summed E-state index contributed by atoms with van der Waals surface area (Å²) in [5.74, 6) is 2.18. The summed E-state index contributed by atoms with van der Waals surface area (Å²) in [5.41, 5.74) is 7.63. The Bertz CT molecular complexity index is 752. The van der Waals surface area contributed by atoms with Crippen LogP contribution in [0.4, 0.5) is 5.69 Å². The molecule has 5 nitrogen and oxygen atoms in total. The number of terminal acetylenes is 1. The largest absolute Gasteiger partial charge is 0.504 e. The molecule has 0 radical (unpaired) electrons. The molecule has 3 rings (SSSR count). The van der Waals surface area contributed by atoms with Crippen LogP contribution in [0.3, 0.4) is 0 Å². The highest BCUT2D eigenvalue weighted by atomic mass is 16.3. The summed E-state index contributed by atoms with van der Waals surface area (Å²) in [6.45, 7) is 0. The van der Waals surface area contributed by atoms with E-state index < -0.39 is 0 Å². The number of fused-ring (bicyclic) bond motifs is 1. The van der Waals surface area contributed by atoms with Crippen molar-refractivity contribution in [3.05, 3.63) is 54.5 Å². The highest BCUT2D eigenvalue weighted by Crippen LogP contribution is 2.28. The zero-order valence-corrected chi connectivity index (χ0v) is 11.1. The SMILES string of the molecule is C#Cc1ccc(N)cc1.Oc1cc2cncnc2cc1O. The summed E-state index contributed by atoms with van der Waals surface area (Å²) in [4.78, 5) is 7.68. The summed E-state index contributed by atoms with van der Waals surface area (Å²) < 4.78 is 0. The smallest absolute Gasteiger partial charge is 0.159 e. The van der Waals surface area contributed by atoms with E-state index >= 15 is 0 Å². The zero-order chi connectivity index (χ0) is 15.2. The topological polar surface area (TPSA) is 92.3 Å². The third-order valence-corrected chi connectivity index (χ3v) is 2.68. The van der Waals surface area contributed by atoms with Crippen molar-refractivity contribution >= 4 is 16.6 Å². The third kappa shape index (κ3) is 3.61. The van der Waals surface area contributed by atoms with E-state index in [0.717, 1.165) is 11.3 Å². The van der Waals surface area contributed by atoms with Crippen LogP contribution in [-0.4, -0.2) is 20.2 Å². The summed E-state index contributed by atoms with van der Waals surface area (Å²) in [6, 6.07) is 10.0. The van der Waals surface area contributed by atoms with Crippen LogP contribution < -0.4 is 5.73 Å². The lowest BCUT2D eigenvalue weighted by molar-refractivity contribution is 0.405. The second-order valence-corrected chi connectivity index (χ2v) is 4.19. The van der Waals surface area contributed by atoms with Gasteiger partial charge in [-0.1, -0.05) is 5.92 Å². The van der Waals surface area contributed by atoms with E-state index in [4.69, 9.17) is 22.4 Å². The van der Waals surface area contributed by atoms with Gasteiger partial charge < -0.3 is 15.9 Å². The van der Waals surface area contributed by atoms with Crippen molar-refractivity contribution in [1.29, 1.82) is 0 Å². The normalized spacial score (nSPS) is 9.48. The van der Waals surface area contributed by atoms with Crippen molar-refractivity contribution in [1.82, 2.24) is 9.97 Å². The Morgan fingerprint density at radius 1 is 1.05 bits per heavy atom. The number of phenols is 2. The number of hydrogen-bond acceptors (Lipinski definition) is 5. The molecule has 0 saturated carbocycles. The van der Waals surface area contributed by atoms with Gasteiger partial charge in [0.15, 0.2) is 11.5 Å². The first-order valence-corrected chi connectivity index (χ1v) is 6.04. The first-order valence-electron chi connectivity index (χ1n) is 6.04. The quantitative estimate of drug-likeness (QED) is 0.333. The lowest BCUT2D eigenvalue weighted by Crippen LogP contribution is -1.82. The molecule has 0 atom stereocenters. The molecule has 0 amide bonds. The molecule has 0 saturated heterocycles. The number of aromatic nitrogens is 2. The first kappa shape index (κ1) is 14.2. The zero-order valence-electron chi connectivity index (χ0n) is 11.1. The Morgan fingerprint density at radius 2 is 1.71 bits per heavy atom. The highest BCUT2D eigenvalue weighted by molar-refractivity contribution is 5.81. The Balaban J connectivity index is 0.000000161. The average Bonchev–Trinajstić information content (AvgIpc) is 2.50. The van der Waals surface area contributed by atoms with Crippen molar-refractivity contribution < 1.29 is 10.2 Å². The van der Waals surface area contributed by atoms with E-state index in [-0.39, 0.29) is 11.5 Å². The standard InChI is InChI=1S/C8H6N2O2.C8H7N/c11-7-1-5-3-9-4-10-6(5)2-8(7)12;1-2-7-3-5-8(9)6-4-7/h1-4,11-12H;1,3-6H,9H2. The monoisotopic (exact) mass is 279 g/mol. The molecule has 0 bridgehead atoms. The van der Waals surface area contributed by atoms with Crippen LogP contribution in [0.5, 0.6) is 11.5 Å². The van der Waals surface area contributed by atoms with Gasteiger partial charge in [0.1, 0.15) is 6.33 Å². The van der Waals surface area contributed by atoms with E-state index in [2.05, 4.69) is 15.9 Å². The number of hydrogen-bond donors (Lipinski definition) is 3. The van der Waals surface area contributed by atoms with E-state index in [0.29, 0.717) is 10.9 Å². The molecular weight excluding hydrogens is 266 g/mol. The summed E-state index contributed by atoms with van der Waals surface area (Å²) in [6.07, 6.45) is 8.07. The van der Waals surface area contributed by atoms with Crippen LogP contribution in [0.25, 0.3) is 10.9 Å². The Morgan fingerprint density at radius 3 is 2.38 bits per heavy atom. The van der Waals surface area contributed by atoms with Gasteiger partial charge in [-0.15, -0.1) is 6.42 Å². The number of rotatable bonds is 0. The third-order valence-electron chi connectivity index (χ3n) is 2.68. The lowest BCUT2D eigenvalue weighted by atomic mass is 10.2. The summed E-state index contributed by atoms with van der Waals surface area (Å²) in [5, 5.41) is 18.9. The molecule has 0 aliphatic carbocycles. The number of anilines is 1. The first-order chi connectivity index (χ1) is 10.1. The Hall–Kier alpha value is -3.26. The predicted molar refractivity (Wildman–Crippen MR) is 81.7 cm³/mol. The number of nitrogens with two attached hydrogens (primary N) is 1. The van der Waals surface area contributed by atoms with Gasteiger partial charge in [-0.3, -0.25) is 0 Å². The second-order valence-electron chi connectivity index (χ2n) is 4.19. The van der Waals surface area contributed by atoms with Gasteiger partial charge in [0.05, 0.1) is 5.52 Å². The predicted octanol–water partition coefficient (Wildman–Crippen LogP) is 2.29. The molecule has 2 aromatic carbocycles. The number of benzene rings is 2. The van der Waals surface area contributed by atoms with Crippen LogP contribution in [0.1, 0.15) is 5.56 Å². The maximum Gasteiger partial charge on any atom is 0.159 e. The van der Waals surface area contributed by atoms with Gasteiger partial charge in [-0.25, -0.2) is 9.97 Å². The van der Waals surface area contributed by atoms with Crippen LogP contribution >= 0.6 is 0 Å². The molecule has 4 N–H and O–H groups in total. The summed E-state index contributed by atoms with van der Waals surface area (Å²) >= 11 is 0. The minimum atomic E-state index is -0.166. The van der Waals surface area contributed by atoms with E-state index in [1.807, 2.05) is 12.1 Å². The molecule has 3 aromatic rings. The highest BCUT2D eigenvalue weighted by Gasteiger charge is 2.01. The number of nitrogens with zero attached hydrogens (tertiary/aromatic N) is 2. The molecule has 0 aliphatic rings. The van der Waals surface area contributed by atoms with Crippen molar-refractivity contribution in [3.63, 3.8) is 0 Å². The minimum absolute atomic E-state index is 0.155. The fraction of sp³-hybridized carbons (Fsp3) is 0. The molecule has 0 unspecified atom stereocenters. The van der Waals surface area contributed by atoms with Crippen LogP contribution in [0, 0.1) is 12.3 Å². The molecular formula is C16H13N3O2. The maximum absolute atomic E-state index is 9.11. The average molecular weight is 279 g/mol. The van der Waals surface area contributed by atoms with Gasteiger partial charge in [0.25, 0.3) is 0 Å². The van der Waals surface area contributed by atoms with Crippen molar-refractivity contribution in [3.8, 4) is 23.8 Å². The Kier molecular flexibility index (Phi) is 4.22. The van der Waals surface area contributed by atoms with E-state index in [1.165, 1.54) is 18.5 Å². The fourth-order valence-corrected chi connectivity index (χ4v) is 1.59. The van der Waals surface area contributed by atoms with Gasteiger partial charge in [-0.2, -0.15) is 0 Å². The van der Waals surface area contributed by atoms with Crippen LogP contribution in [0.2, 0.25) is 0 Å². The van der Waals surface area contributed by atoms with Gasteiger partial charge in [0, 0.05) is 28.9 Å². The summed E-state index contributed by atoms with van der Waals surface area (Å²) in [7, 11) is 0. The van der Waals surface area contributed by atoms with E-state index in [1.54, 1.807) is 18.3 Å². The second kappa shape index (κ2) is 6.26.